The monoisotopic (exact) mass is 288 g/mol. The summed E-state index contributed by atoms with van der Waals surface area (Å²) in [5, 5.41) is 2.94. The fraction of sp³-hybridized carbons (Fsp3) is 0.471. The number of nitrogens with one attached hydrogen (secondary N) is 1. The first-order valence-electron chi connectivity index (χ1n) is 7.57. The van der Waals surface area contributed by atoms with Crippen molar-refractivity contribution in [3.05, 3.63) is 48.3 Å². The maximum atomic E-state index is 13.1. The number of piperidine rings is 3. The van der Waals surface area contributed by atoms with Crippen LogP contribution in [0, 0.1) is 17.7 Å². The van der Waals surface area contributed by atoms with Crippen LogP contribution in [0.2, 0.25) is 0 Å². The van der Waals surface area contributed by atoms with Crippen LogP contribution in [0.5, 0.6) is 0 Å². The molecule has 3 heterocycles. The van der Waals surface area contributed by atoms with Gasteiger partial charge in [0, 0.05) is 24.7 Å². The van der Waals surface area contributed by atoms with Crippen molar-refractivity contribution in [1.29, 1.82) is 0 Å². The number of fused-ring (bicyclic) bond motifs is 3. The molecule has 3 aliphatic heterocycles. The van der Waals surface area contributed by atoms with E-state index in [9.17, 15) is 9.18 Å². The van der Waals surface area contributed by atoms with Crippen molar-refractivity contribution < 1.29 is 9.18 Å². The van der Waals surface area contributed by atoms with Gasteiger partial charge in [-0.25, -0.2) is 4.39 Å². The fourth-order valence-electron chi connectivity index (χ4n) is 3.60. The lowest BCUT2D eigenvalue weighted by molar-refractivity contribution is 0.0195. The van der Waals surface area contributed by atoms with Crippen LogP contribution in [0.4, 0.5) is 4.39 Å². The van der Waals surface area contributed by atoms with Gasteiger partial charge in [-0.3, -0.25) is 9.69 Å². The highest BCUT2D eigenvalue weighted by Gasteiger charge is 2.38. The number of carbonyl (C=O) groups excluding carboxylic acids is 1. The topological polar surface area (TPSA) is 32.3 Å². The highest BCUT2D eigenvalue weighted by molar-refractivity contribution is 5.94. The quantitative estimate of drug-likeness (QED) is 0.863. The van der Waals surface area contributed by atoms with Crippen LogP contribution in [0.25, 0.3) is 0 Å². The first-order chi connectivity index (χ1) is 10.2. The van der Waals surface area contributed by atoms with E-state index in [1.807, 2.05) is 0 Å². The van der Waals surface area contributed by atoms with Gasteiger partial charge in [-0.05, 0) is 49.4 Å². The number of hydrogen-bond donors (Lipinski definition) is 1. The van der Waals surface area contributed by atoms with Gasteiger partial charge in [-0.1, -0.05) is 12.1 Å². The molecule has 1 amide bonds. The van der Waals surface area contributed by atoms with Crippen LogP contribution >= 0.6 is 0 Å². The summed E-state index contributed by atoms with van der Waals surface area (Å²) in [6.07, 6.45) is 4.41. The maximum absolute atomic E-state index is 13.1. The van der Waals surface area contributed by atoms with Crippen molar-refractivity contribution in [1.82, 2.24) is 10.2 Å². The van der Waals surface area contributed by atoms with Crippen LogP contribution in [-0.4, -0.2) is 36.5 Å². The molecule has 2 bridgehead atoms. The molecule has 3 aliphatic rings. The van der Waals surface area contributed by atoms with Crippen LogP contribution in [-0.2, 0) is 0 Å². The van der Waals surface area contributed by atoms with Gasteiger partial charge < -0.3 is 5.32 Å². The number of benzene rings is 1. The lowest BCUT2D eigenvalue weighted by Crippen LogP contribution is -2.56. The summed E-state index contributed by atoms with van der Waals surface area (Å²) in [6, 6.07) is 6.22. The Morgan fingerprint density at radius 3 is 3.05 bits per heavy atom. The Labute approximate surface area is 124 Å². The van der Waals surface area contributed by atoms with E-state index >= 15 is 0 Å². The van der Waals surface area contributed by atoms with Gasteiger partial charge in [0.1, 0.15) is 5.82 Å². The predicted molar refractivity (Wildman–Crippen MR) is 80.5 cm³/mol. The minimum Gasteiger partial charge on any atom is -0.350 e. The number of halogens is 1. The van der Waals surface area contributed by atoms with Crippen molar-refractivity contribution in [2.45, 2.75) is 18.9 Å². The standard InChI is InChI=1S/C17H21FN2O/c1-2-12-11-20-7-6-13(12)9-16(20)10-19-17(21)14-4-3-5-15(18)8-14/h2-5,8,12-13,16H,1,6-7,9-11H2,(H,19,21)/t12-,13+,16-/m1/s1. The van der Waals surface area contributed by atoms with Gasteiger partial charge in [-0.15, -0.1) is 6.58 Å². The average molecular weight is 288 g/mol. The molecular formula is C17H21FN2O. The van der Waals surface area contributed by atoms with Gasteiger partial charge in [0.2, 0.25) is 0 Å². The molecule has 0 saturated carbocycles. The Bertz CT molecular complexity index is 545. The Hall–Kier alpha value is -1.68. The Morgan fingerprint density at radius 2 is 2.38 bits per heavy atom. The molecule has 0 aromatic heterocycles. The lowest BCUT2D eigenvalue weighted by Gasteiger charge is -2.49. The third-order valence-electron chi connectivity index (χ3n) is 4.82. The van der Waals surface area contributed by atoms with Crippen molar-refractivity contribution in [2.24, 2.45) is 11.8 Å². The van der Waals surface area contributed by atoms with E-state index in [-0.39, 0.29) is 11.7 Å². The van der Waals surface area contributed by atoms with Crippen molar-refractivity contribution in [2.75, 3.05) is 19.6 Å². The van der Waals surface area contributed by atoms with Crippen molar-refractivity contribution >= 4 is 5.91 Å². The zero-order valence-corrected chi connectivity index (χ0v) is 12.1. The molecule has 21 heavy (non-hydrogen) atoms. The number of nitrogens with zero attached hydrogens (tertiary/aromatic N) is 1. The minimum absolute atomic E-state index is 0.197. The Morgan fingerprint density at radius 1 is 1.52 bits per heavy atom. The van der Waals surface area contributed by atoms with Crippen LogP contribution < -0.4 is 5.32 Å². The van der Waals surface area contributed by atoms with Crippen molar-refractivity contribution in [3.8, 4) is 0 Å². The van der Waals surface area contributed by atoms with Crippen LogP contribution in [0.15, 0.2) is 36.9 Å². The first kappa shape index (κ1) is 14.3. The number of carbonyl (C=O) groups is 1. The molecule has 4 atom stereocenters. The normalized spacial score (nSPS) is 30.9. The summed E-state index contributed by atoms with van der Waals surface area (Å²) in [6.45, 7) is 6.71. The zero-order valence-electron chi connectivity index (χ0n) is 12.1. The van der Waals surface area contributed by atoms with Crippen molar-refractivity contribution in [3.63, 3.8) is 0 Å². The smallest absolute Gasteiger partial charge is 0.251 e. The highest BCUT2D eigenvalue weighted by Crippen LogP contribution is 2.36. The summed E-state index contributed by atoms with van der Waals surface area (Å²) < 4.78 is 13.1. The summed E-state index contributed by atoms with van der Waals surface area (Å²) >= 11 is 0. The van der Waals surface area contributed by atoms with Gasteiger partial charge >= 0.3 is 0 Å². The number of rotatable bonds is 4. The third kappa shape index (κ3) is 3.00. The molecule has 3 fully saturated rings. The second-order valence-corrected chi connectivity index (χ2v) is 6.05. The van der Waals surface area contributed by atoms with Crippen LogP contribution in [0.3, 0.4) is 0 Å². The minimum atomic E-state index is -0.378. The van der Waals surface area contributed by atoms with E-state index in [1.54, 1.807) is 12.1 Å². The van der Waals surface area contributed by atoms with Gasteiger partial charge in [0.15, 0.2) is 0 Å². The maximum Gasteiger partial charge on any atom is 0.251 e. The molecule has 4 heteroatoms. The molecule has 3 nitrogen and oxygen atoms in total. The number of amides is 1. The molecule has 0 aliphatic carbocycles. The Balaban J connectivity index is 1.56. The molecule has 112 valence electrons. The van der Waals surface area contributed by atoms with E-state index in [4.69, 9.17) is 0 Å². The molecule has 1 aromatic carbocycles. The first-order valence-corrected chi connectivity index (χ1v) is 7.57. The zero-order chi connectivity index (χ0) is 14.8. The van der Waals surface area contributed by atoms with E-state index in [1.165, 1.54) is 18.6 Å². The summed E-state index contributed by atoms with van der Waals surface area (Å²) in [5.74, 6) is 0.715. The molecular weight excluding hydrogens is 267 g/mol. The lowest BCUT2D eigenvalue weighted by atomic mass is 9.75. The predicted octanol–water partition coefficient (Wildman–Crippen LogP) is 2.45. The molecule has 0 spiro atoms. The van der Waals surface area contributed by atoms with Crippen LogP contribution in [0.1, 0.15) is 23.2 Å². The molecule has 4 rings (SSSR count). The van der Waals surface area contributed by atoms with Gasteiger partial charge in [-0.2, -0.15) is 0 Å². The van der Waals surface area contributed by atoms with E-state index in [0.717, 1.165) is 19.5 Å². The highest BCUT2D eigenvalue weighted by atomic mass is 19.1. The molecule has 3 saturated heterocycles. The third-order valence-corrected chi connectivity index (χ3v) is 4.82. The average Bonchev–Trinajstić information content (AvgIpc) is 2.53. The summed E-state index contributed by atoms with van der Waals surface area (Å²) in [5.41, 5.74) is 0.384. The summed E-state index contributed by atoms with van der Waals surface area (Å²) in [7, 11) is 0. The second-order valence-electron chi connectivity index (χ2n) is 6.05. The summed E-state index contributed by atoms with van der Waals surface area (Å²) in [4.78, 5) is 14.5. The van der Waals surface area contributed by atoms with E-state index in [0.29, 0.717) is 30.0 Å². The van der Waals surface area contributed by atoms with E-state index < -0.39 is 0 Å². The molecule has 1 unspecified atom stereocenters. The fourth-order valence-corrected chi connectivity index (χ4v) is 3.60. The molecule has 0 radical (unpaired) electrons. The SMILES string of the molecule is C=C[C@@H]1CN2CC[C@H]1C[C@@H]2CNC(=O)c1cccc(F)c1. The second kappa shape index (κ2) is 5.98. The Kier molecular flexibility index (Phi) is 4.06. The molecule has 1 aromatic rings. The van der Waals surface area contributed by atoms with Gasteiger partial charge in [0.05, 0.1) is 0 Å². The van der Waals surface area contributed by atoms with Gasteiger partial charge in [0.25, 0.3) is 5.91 Å². The largest absolute Gasteiger partial charge is 0.350 e. The molecule has 1 N–H and O–H groups in total. The van der Waals surface area contributed by atoms with E-state index in [2.05, 4.69) is 22.9 Å². The number of hydrogen-bond acceptors (Lipinski definition) is 2.